The highest BCUT2D eigenvalue weighted by atomic mass is 31.2. The van der Waals surface area contributed by atoms with Crippen molar-refractivity contribution in [2.75, 3.05) is 26.8 Å². The molecule has 17 heavy (non-hydrogen) atoms. The molecule has 0 bridgehead atoms. The second-order valence-electron chi connectivity index (χ2n) is 3.51. The SMILES string of the molecule is CCOP(=O)(OCC)OC1N(C)C=CN1CC. The Morgan fingerprint density at radius 3 is 2.24 bits per heavy atom. The summed E-state index contributed by atoms with van der Waals surface area (Å²) in [6, 6.07) is 0. The zero-order valence-corrected chi connectivity index (χ0v) is 11.7. The van der Waals surface area contributed by atoms with Crippen molar-refractivity contribution >= 4 is 7.82 Å². The van der Waals surface area contributed by atoms with Crippen LogP contribution in [0.3, 0.4) is 0 Å². The standard InChI is InChI=1S/C10H21N2O4P/c1-5-12-9-8-11(4)10(12)16-17(13,14-6-2)15-7-3/h8-10H,5-7H2,1-4H3. The lowest BCUT2D eigenvalue weighted by Gasteiger charge is -2.31. The van der Waals surface area contributed by atoms with Gasteiger partial charge in [0.2, 0.25) is 6.35 Å². The maximum atomic E-state index is 12.2. The van der Waals surface area contributed by atoms with Gasteiger partial charge in [-0.3, -0.25) is 9.05 Å². The summed E-state index contributed by atoms with van der Waals surface area (Å²) in [5.41, 5.74) is 0. The Bertz CT molecular complexity index is 301. The highest BCUT2D eigenvalue weighted by Gasteiger charge is 2.35. The van der Waals surface area contributed by atoms with Crippen LogP contribution in [0.5, 0.6) is 0 Å². The minimum atomic E-state index is -3.48. The molecule has 0 amide bonds. The molecule has 0 fully saturated rings. The van der Waals surface area contributed by atoms with Crippen molar-refractivity contribution in [3.8, 4) is 0 Å². The van der Waals surface area contributed by atoms with Gasteiger partial charge in [-0.25, -0.2) is 9.09 Å². The minimum Gasteiger partial charge on any atom is -0.337 e. The first-order valence-electron chi connectivity index (χ1n) is 5.79. The maximum Gasteiger partial charge on any atom is 0.478 e. The van der Waals surface area contributed by atoms with Crippen molar-refractivity contribution in [3.63, 3.8) is 0 Å². The van der Waals surface area contributed by atoms with Crippen LogP contribution in [0.15, 0.2) is 12.4 Å². The lowest BCUT2D eigenvalue weighted by Crippen LogP contribution is -2.38. The van der Waals surface area contributed by atoms with Gasteiger partial charge in [-0.05, 0) is 20.8 Å². The fourth-order valence-corrected chi connectivity index (χ4v) is 2.83. The third-order valence-corrected chi connectivity index (χ3v) is 3.88. The quantitative estimate of drug-likeness (QED) is 0.657. The molecule has 7 heteroatoms. The fourth-order valence-electron chi connectivity index (χ4n) is 1.50. The third-order valence-electron chi connectivity index (χ3n) is 2.29. The number of rotatable bonds is 7. The number of phosphoric acid groups is 1. The zero-order chi connectivity index (χ0) is 12.9. The van der Waals surface area contributed by atoms with Crippen molar-refractivity contribution in [1.82, 2.24) is 9.80 Å². The second-order valence-corrected chi connectivity index (χ2v) is 5.13. The summed E-state index contributed by atoms with van der Waals surface area (Å²) in [7, 11) is -1.63. The van der Waals surface area contributed by atoms with Crippen LogP contribution in [-0.4, -0.2) is 43.0 Å². The molecule has 0 aromatic rings. The molecule has 0 saturated carbocycles. The molecule has 1 aliphatic heterocycles. The van der Waals surface area contributed by atoms with Gasteiger partial charge >= 0.3 is 7.82 Å². The average molecular weight is 264 g/mol. The van der Waals surface area contributed by atoms with E-state index in [1.807, 2.05) is 36.2 Å². The first-order chi connectivity index (χ1) is 8.06. The van der Waals surface area contributed by atoms with Gasteiger partial charge < -0.3 is 9.80 Å². The average Bonchev–Trinajstić information content (AvgIpc) is 2.60. The predicted octanol–water partition coefficient (Wildman–Crippen LogP) is 2.21. The van der Waals surface area contributed by atoms with Crippen LogP contribution in [0.4, 0.5) is 0 Å². The van der Waals surface area contributed by atoms with E-state index in [2.05, 4.69) is 0 Å². The number of phosphoric ester groups is 1. The van der Waals surface area contributed by atoms with Crippen LogP contribution in [0.1, 0.15) is 20.8 Å². The highest BCUT2D eigenvalue weighted by molar-refractivity contribution is 7.48. The summed E-state index contributed by atoms with van der Waals surface area (Å²) in [6.45, 7) is 6.82. The van der Waals surface area contributed by atoms with E-state index in [1.165, 1.54) is 0 Å². The Morgan fingerprint density at radius 1 is 1.18 bits per heavy atom. The first-order valence-corrected chi connectivity index (χ1v) is 7.25. The monoisotopic (exact) mass is 264 g/mol. The number of nitrogens with zero attached hydrogens (tertiary/aromatic N) is 2. The molecular weight excluding hydrogens is 243 g/mol. The highest BCUT2D eigenvalue weighted by Crippen LogP contribution is 2.51. The van der Waals surface area contributed by atoms with Gasteiger partial charge in [0.1, 0.15) is 0 Å². The summed E-state index contributed by atoms with van der Waals surface area (Å²) >= 11 is 0. The van der Waals surface area contributed by atoms with Gasteiger partial charge in [-0.15, -0.1) is 0 Å². The summed E-state index contributed by atoms with van der Waals surface area (Å²) in [5, 5.41) is 0. The van der Waals surface area contributed by atoms with E-state index in [4.69, 9.17) is 13.6 Å². The van der Waals surface area contributed by atoms with Crippen LogP contribution < -0.4 is 0 Å². The summed E-state index contributed by atoms with van der Waals surface area (Å²) < 4.78 is 27.9. The molecular formula is C10H21N2O4P. The third kappa shape index (κ3) is 3.71. The largest absolute Gasteiger partial charge is 0.478 e. The number of hydrogen-bond acceptors (Lipinski definition) is 6. The van der Waals surface area contributed by atoms with Crippen LogP contribution >= 0.6 is 7.82 Å². The van der Waals surface area contributed by atoms with E-state index in [9.17, 15) is 4.57 Å². The van der Waals surface area contributed by atoms with Gasteiger partial charge in [-0.2, -0.15) is 0 Å². The maximum absolute atomic E-state index is 12.2. The fraction of sp³-hybridized carbons (Fsp3) is 0.800. The van der Waals surface area contributed by atoms with Crippen molar-refractivity contribution in [3.05, 3.63) is 12.4 Å². The normalized spacial score (nSPS) is 20.4. The Kier molecular flexibility index (Phi) is 5.46. The first kappa shape index (κ1) is 14.5. The Labute approximate surface area is 103 Å². The van der Waals surface area contributed by atoms with Gasteiger partial charge in [-0.1, -0.05) is 0 Å². The molecule has 0 aromatic heterocycles. The Balaban J connectivity index is 2.69. The zero-order valence-electron chi connectivity index (χ0n) is 10.8. The Hall–Kier alpha value is -0.550. The number of hydrogen-bond donors (Lipinski definition) is 0. The van der Waals surface area contributed by atoms with E-state index < -0.39 is 14.2 Å². The molecule has 1 unspecified atom stereocenters. The molecule has 0 saturated heterocycles. The van der Waals surface area contributed by atoms with Crippen molar-refractivity contribution in [1.29, 1.82) is 0 Å². The molecule has 0 N–H and O–H groups in total. The summed E-state index contributed by atoms with van der Waals surface area (Å²) in [6.07, 6.45) is 3.30. The van der Waals surface area contributed by atoms with Gasteiger partial charge in [0.05, 0.1) is 13.2 Å². The molecule has 0 spiro atoms. The van der Waals surface area contributed by atoms with Crippen molar-refractivity contribution in [2.45, 2.75) is 27.1 Å². The lowest BCUT2D eigenvalue weighted by molar-refractivity contribution is -0.0424. The van der Waals surface area contributed by atoms with Crippen LogP contribution in [0.2, 0.25) is 0 Å². The van der Waals surface area contributed by atoms with Crippen LogP contribution in [-0.2, 0) is 18.1 Å². The van der Waals surface area contributed by atoms with E-state index in [0.717, 1.165) is 6.54 Å². The molecule has 0 radical (unpaired) electrons. The molecule has 6 nitrogen and oxygen atoms in total. The molecule has 0 aromatic carbocycles. The smallest absolute Gasteiger partial charge is 0.337 e. The van der Waals surface area contributed by atoms with E-state index in [-0.39, 0.29) is 13.2 Å². The minimum absolute atomic E-state index is 0.285. The second kappa shape index (κ2) is 6.40. The van der Waals surface area contributed by atoms with Crippen LogP contribution in [0, 0.1) is 0 Å². The van der Waals surface area contributed by atoms with Crippen LogP contribution in [0.25, 0.3) is 0 Å². The van der Waals surface area contributed by atoms with Crippen molar-refractivity contribution < 1.29 is 18.1 Å². The van der Waals surface area contributed by atoms with E-state index >= 15 is 0 Å². The summed E-state index contributed by atoms with van der Waals surface area (Å²) in [4.78, 5) is 3.72. The van der Waals surface area contributed by atoms with E-state index in [0.29, 0.717) is 0 Å². The molecule has 1 heterocycles. The van der Waals surface area contributed by atoms with Gasteiger partial charge in [0, 0.05) is 26.0 Å². The lowest BCUT2D eigenvalue weighted by atomic mass is 10.6. The molecule has 1 atom stereocenters. The van der Waals surface area contributed by atoms with Gasteiger partial charge in [0.25, 0.3) is 0 Å². The molecule has 1 rings (SSSR count). The molecule has 1 aliphatic rings. The topological polar surface area (TPSA) is 51.2 Å². The summed E-state index contributed by atoms with van der Waals surface area (Å²) in [5.74, 6) is 0. The molecule has 0 aliphatic carbocycles. The van der Waals surface area contributed by atoms with E-state index in [1.54, 1.807) is 13.8 Å². The van der Waals surface area contributed by atoms with Crippen molar-refractivity contribution in [2.24, 2.45) is 0 Å². The predicted molar refractivity (Wildman–Crippen MR) is 65.0 cm³/mol. The molecule has 100 valence electrons. The Morgan fingerprint density at radius 2 is 1.76 bits per heavy atom. The van der Waals surface area contributed by atoms with Gasteiger partial charge in [0.15, 0.2) is 0 Å².